The number of anilines is 1. The van der Waals surface area contributed by atoms with E-state index in [1.54, 1.807) is 0 Å². The summed E-state index contributed by atoms with van der Waals surface area (Å²) in [6.07, 6.45) is -0.928. The van der Waals surface area contributed by atoms with E-state index in [0.29, 0.717) is 5.69 Å². The molecule has 17 nitrogen and oxygen atoms in total. The van der Waals surface area contributed by atoms with Gasteiger partial charge in [0.1, 0.15) is 37.7 Å². The smallest absolute Gasteiger partial charge is 0.342 e. The molecular formula is C22H28N8O9S. The number of imidazole rings is 2. The van der Waals surface area contributed by atoms with Gasteiger partial charge < -0.3 is 35.8 Å². The van der Waals surface area contributed by atoms with Crippen LogP contribution in [0.15, 0.2) is 41.6 Å². The minimum Gasteiger partial charge on any atom is -0.388 e. The summed E-state index contributed by atoms with van der Waals surface area (Å²) in [6, 6.07) is 5.16. The standard InChI is InChI=1S/C22H28N8O9S/c1-14-23-8-21(29(34)35)27(14)12-18(32)10-26(11-19(33)13-28-15(2)24-9-22(28)30(36)37)40(38,39)20-6-4-17(5-7-20)25-16(3)31/h4-9,18-19,32-33H,10-13H2,1-3H3,(H,25,31). The monoisotopic (exact) mass is 580 g/mol. The van der Waals surface area contributed by atoms with E-state index in [0.717, 1.165) is 25.8 Å². The first-order valence-electron chi connectivity index (χ1n) is 11.8. The number of aromatic nitrogens is 4. The summed E-state index contributed by atoms with van der Waals surface area (Å²) in [4.78, 5) is 40.0. The van der Waals surface area contributed by atoms with Crippen molar-refractivity contribution >= 4 is 33.3 Å². The van der Waals surface area contributed by atoms with E-state index in [1.807, 2.05) is 0 Å². The maximum absolute atomic E-state index is 13.6. The highest BCUT2D eigenvalue weighted by Crippen LogP contribution is 2.22. The van der Waals surface area contributed by atoms with E-state index in [1.165, 1.54) is 45.0 Å². The van der Waals surface area contributed by atoms with Crippen LogP contribution in [0, 0.1) is 34.1 Å². The second kappa shape index (κ2) is 12.3. The third kappa shape index (κ3) is 7.03. The van der Waals surface area contributed by atoms with Gasteiger partial charge in [-0.05, 0) is 34.1 Å². The van der Waals surface area contributed by atoms with Crippen LogP contribution < -0.4 is 5.32 Å². The van der Waals surface area contributed by atoms with Crippen molar-refractivity contribution in [1.29, 1.82) is 0 Å². The Bertz CT molecular complexity index is 1430. The maximum Gasteiger partial charge on any atom is 0.342 e. The van der Waals surface area contributed by atoms with Crippen molar-refractivity contribution in [2.75, 3.05) is 18.4 Å². The Labute approximate surface area is 228 Å². The van der Waals surface area contributed by atoms with Crippen molar-refractivity contribution in [2.24, 2.45) is 0 Å². The van der Waals surface area contributed by atoms with Crippen molar-refractivity contribution < 1.29 is 33.3 Å². The van der Waals surface area contributed by atoms with Crippen molar-refractivity contribution in [3.8, 4) is 0 Å². The van der Waals surface area contributed by atoms with E-state index in [2.05, 4.69) is 15.3 Å². The number of aliphatic hydroxyl groups is 2. The highest BCUT2D eigenvalue weighted by atomic mass is 32.2. The topological polar surface area (TPSA) is 229 Å². The van der Waals surface area contributed by atoms with E-state index in [9.17, 15) is 43.7 Å². The van der Waals surface area contributed by atoms with Crippen LogP contribution in [-0.2, 0) is 27.9 Å². The lowest BCUT2D eigenvalue weighted by molar-refractivity contribution is -0.392. The second-order valence-corrected chi connectivity index (χ2v) is 10.8. The van der Waals surface area contributed by atoms with Crippen LogP contribution >= 0.6 is 0 Å². The number of carbonyl (C=O) groups is 1. The molecule has 216 valence electrons. The maximum atomic E-state index is 13.6. The zero-order valence-electron chi connectivity index (χ0n) is 21.7. The first-order chi connectivity index (χ1) is 18.7. The summed E-state index contributed by atoms with van der Waals surface area (Å²) in [5, 5.41) is 46.7. The summed E-state index contributed by atoms with van der Waals surface area (Å²) >= 11 is 0. The number of hydrogen-bond donors (Lipinski definition) is 3. The quantitative estimate of drug-likeness (QED) is 0.187. The lowest BCUT2D eigenvalue weighted by Gasteiger charge is -2.26. The van der Waals surface area contributed by atoms with Gasteiger partial charge in [-0.25, -0.2) is 27.5 Å². The molecule has 0 fully saturated rings. The molecule has 0 saturated carbocycles. The summed E-state index contributed by atoms with van der Waals surface area (Å²) in [5.74, 6) is -0.727. The molecular weight excluding hydrogens is 552 g/mol. The summed E-state index contributed by atoms with van der Waals surface area (Å²) in [6.45, 7) is 2.31. The molecule has 0 aliphatic rings. The molecule has 2 unspecified atom stereocenters. The van der Waals surface area contributed by atoms with Crippen molar-refractivity contribution in [3.05, 3.63) is 68.5 Å². The Balaban J connectivity index is 1.90. The molecule has 18 heteroatoms. The fourth-order valence-electron chi connectivity index (χ4n) is 4.00. The number of sulfonamides is 1. The molecule has 3 aromatic rings. The number of nitrogens with zero attached hydrogens (tertiary/aromatic N) is 7. The van der Waals surface area contributed by atoms with Gasteiger partial charge in [0.2, 0.25) is 15.9 Å². The average molecular weight is 581 g/mol. The van der Waals surface area contributed by atoms with Gasteiger partial charge in [-0.3, -0.25) is 4.79 Å². The molecule has 2 atom stereocenters. The Morgan fingerprint density at radius 3 is 1.75 bits per heavy atom. The number of aliphatic hydroxyl groups excluding tert-OH is 2. The summed E-state index contributed by atoms with van der Waals surface area (Å²) in [5.41, 5.74) is 0.337. The number of rotatable bonds is 13. The van der Waals surface area contributed by atoms with Crippen LogP contribution in [0.5, 0.6) is 0 Å². The molecule has 0 radical (unpaired) electrons. The molecule has 0 aliphatic heterocycles. The average Bonchev–Trinajstić information content (AvgIpc) is 3.40. The Morgan fingerprint density at radius 2 is 1.38 bits per heavy atom. The number of aryl methyl sites for hydroxylation is 2. The molecule has 2 heterocycles. The van der Waals surface area contributed by atoms with Crippen LogP contribution in [0.1, 0.15) is 18.6 Å². The van der Waals surface area contributed by atoms with Crippen molar-refractivity contribution in [3.63, 3.8) is 0 Å². The van der Waals surface area contributed by atoms with Crippen LogP contribution in [-0.4, -0.2) is 83.1 Å². The van der Waals surface area contributed by atoms with Crippen LogP contribution in [0.4, 0.5) is 17.3 Å². The van der Waals surface area contributed by atoms with Gasteiger partial charge in [0.15, 0.2) is 11.6 Å². The van der Waals surface area contributed by atoms with Gasteiger partial charge in [0.05, 0.1) is 4.90 Å². The molecule has 0 bridgehead atoms. The van der Waals surface area contributed by atoms with Gasteiger partial charge in [-0.15, -0.1) is 0 Å². The van der Waals surface area contributed by atoms with Crippen LogP contribution in [0.25, 0.3) is 0 Å². The Kier molecular flexibility index (Phi) is 9.30. The van der Waals surface area contributed by atoms with E-state index < -0.39 is 56.8 Å². The summed E-state index contributed by atoms with van der Waals surface area (Å²) < 4.78 is 30.2. The highest BCUT2D eigenvalue weighted by molar-refractivity contribution is 7.89. The van der Waals surface area contributed by atoms with Gasteiger partial charge in [0.25, 0.3) is 0 Å². The number of amides is 1. The Morgan fingerprint density at radius 1 is 0.950 bits per heavy atom. The zero-order chi connectivity index (χ0) is 29.8. The SMILES string of the molecule is CC(=O)Nc1ccc(S(=O)(=O)N(CC(O)Cn2c([N+](=O)[O-])cnc2C)CC(O)Cn2c([N+](=O)[O-])cnc2C)cc1. The van der Waals surface area contributed by atoms with Gasteiger partial charge in [-0.1, -0.05) is 0 Å². The van der Waals surface area contributed by atoms with Gasteiger partial charge in [-0.2, -0.15) is 4.31 Å². The van der Waals surface area contributed by atoms with Gasteiger partial charge in [0, 0.05) is 39.5 Å². The number of carbonyl (C=O) groups excluding carboxylic acids is 1. The predicted molar refractivity (Wildman–Crippen MR) is 139 cm³/mol. The third-order valence-electron chi connectivity index (χ3n) is 5.87. The first-order valence-corrected chi connectivity index (χ1v) is 13.2. The second-order valence-electron chi connectivity index (χ2n) is 8.90. The number of hydrogen-bond acceptors (Lipinski definition) is 11. The molecule has 3 N–H and O–H groups in total. The number of nitro groups is 2. The fraction of sp³-hybridized carbons (Fsp3) is 0.409. The molecule has 1 aromatic carbocycles. The lowest BCUT2D eigenvalue weighted by Crippen LogP contribution is -2.44. The molecule has 3 rings (SSSR count). The molecule has 2 aromatic heterocycles. The molecule has 0 spiro atoms. The minimum atomic E-state index is -4.38. The molecule has 0 aliphatic carbocycles. The lowest BCUT2D eigenvalue weighted by atomic mass is 10.3. The largest absolute Gasteiger partial charge is 0.388 e. The molecule has 40 heavy (non-hydrogen) atoms. The predicted octanol–water partition coefficient (Wildman–Crippen LogP) is 0.584. The molecule has 1 amide bonds. The zero-order valence-corrected chi connectivity index (χ0v) is 22.6. The van der Waals surface area contributed by atoms with E-state index in [-0.39, 0.29) is 35.5 Å². The number of benzene rings is 1. The molecule has 0 saturated heterocycles. The first kappa shape index (κ1) is 30.3. The van der Waals surface area contributed by atoms with Crippen LogP contribution in [0.3, 0.4) is 0 Å². The Hall–Kier alpha value is -4.26. The normalized spacial score (nSPS) is 13.2. The van der Waals surface area contributed by atoms with E-state index >= 15 is 0 Å². The summed E-state index contributed by atoms with van der Waals surface area (Å²) in [7, 11) is -4.38. The van der Waals surface area contributed by atoms with Crippen molar-refractivity contribution in [1.82, 2.24) is 23.4 Å². The van der Waals surface area contributed by atoms with Gasteiger partial charge >= 0.3 is 11.6 Å². The third-order valence-corrected chi connectivity index (χ3v) is 7.72. The highest BCUT2D eigenvalue weighted by Gasteiger charge is 2.32. The number of nitrogens with one attached hydrogen (secondary N) is 1. The van der Waals surface area contributed by atoms with Crippen LogP contribution in [0.2, 0.25) is 0 Å². The fourth-order valence-corrected chi connectivity index (χ4v) is 5.51. The minimum absolute atomic E-state index is 0.219. The van der Waals surface area contributed by atoms with Crippen molar-refractivity contribution in [2.45, 2.75) is 51.0 Å². The van der Waals surface area contributed by atoms with E-state index in [4.69, 9.17) is 0 Å².